The lowest BCUT2D eigenvalue weighted by molar-refractivity contribution is -0.119. The Morgan fingerprint density at radius 1 is 1.48 bits per heavy atom. The van der Waals surface area contributed by atoms with Crippen molar-refractivity contribution in [1.82, 2.24) is 15.6 Å². The van der Waals surface area contributed by atoms with Crippen molar-refractivity contribution in [1.29, 1.82) is 0 Å². The molecule has 1 aromatic heterocycles. The summed E-state index contributed by atoms with van der Waals surface area (Å²) in [5, 5.41) is 5.87. The first-order valence-corrected chi connectivity index (χ1v) is 7.34. The second-order valence-corrected chi connectivity index (χ2v) is 6.07. The van der Waals surface area contributed by atoms with Crippen molar-refractivity contribution in [3.63, 3.8) is 0 Å². The van der Waals surface area contributed by atoms with Crippen LogP contribution in [0.3, 0.4) is 0 Å². The average Bonchev–Trinajstić information content (AvgIpc) is 2.95. The Kier molecular flexibility index (Phi) is 3.53. The number of anilines is 1. The Morgan fingerprint density at radius 3 is 3.00 bits per heavy atom. The minimum absolute atomic E-state index is 0.0821. The van der Waals surface area contributed by atoms with Gasteiger partial charge in [0.25, 0.3) is 5.91 Å². The molecule has 6 nitrogen and oxygen atoms in total. The van der Waals surface area contributed by atoms with Gasteiger partial charge in [-0.2, -0.15) is 0 Å². The Balaban J connectivity index is 1.72. The molecule has 2 saturated heterocycles. The first-order valence-electron chi connectivity index (χ1n) is 7.34. The molecule has 2 aliphatic rings. The second kappa shape index (κ2) is 5.35. The van der Waals surface area contributed by atoms with Gasteiger partial charge in [0.2, 0.25) is 5.91 Å². The third kappa shape index (κ3) is 2.84. The predicted octanol–water partition coefficient (Wildman–Crippen LogP) is 0.545. The molecule has 1 aromatic rings. The van der Waals surface area contributed by atoms with Crippen LogP contribution in [-0.2, 0) is 4.79 Å². The first kappa shape index (κ1) is 13.9. The van der Waals surface area contributed by atoms with Gasteiger partial charge in [0.15, 0.2) is 0 Å². The number of pyridine rings is 1. The summed E-state index contributed by atoms with van der Waals surface area (Å²) in [6.45, 7) is 5.44. The molecule has 2 aliphatic heterocycles. The van der Waals surface area contributed by atoms with E-state index >= 15 is 0 Å². The molecule has 0 bridgehead atoms. The maximum atomic E-state index is 12.0. The number of nitrogens with zero attached hydrogens (tertiary/aromatic N) is 2. The quantitative estimate of drug-likeness (QED) is 0.851. The second-order valence-electron chi connectivity index (χ2n) is 6.07. The van der Waals surface area contributed by atoms with Crippen molar-refractivity contribution in [2.24, 2.45) is 5.92 Å². The van der Waals surface area contributed by atoms with Crippen LogP contribution in [0.2, 0.25) is 0 Å². The van der Waals surface area contributed by atoms with Crippen LogP contribution < -0.4 is 15.5 Å². The van der Waals surface area contributed by atoms with Gasteiger partial charge in [-0.25, -0.2) is 4.98 Å². The zero-order chi connectivity index (χ0) is 15.0. The van der Waals surface area contributed by atoms with E-state index in [4.69, 9.17) is 0 Å². The number of fused-ring (bicyclic) bond motifs is 1. The third-order valence-corrected chi connectivity index (χ3v) is 3.99. The van der Waals surface area contributed by atoms with Crippen LogP contribution >= 0.6 is 0 Å². The van der Waals surface area contributed by atoms with Crippen molar-refractivity contribution >= 4 is 17.6 Å². The summed E-state index contributed by atoms with van der Waals surface area (Å²) < 4.78 is 0. The van der Waals surface area contributed by atoms with E-state index in [1.165, 1.54) is 0 Å². The summed E-state index contributed by atoms with van der Waals surface area (Å²) in [6.07, 6.45) is 2.26. The van der Waals surface area contributed by atoms with Gasteiger partial charge in [-0.05, 0) is 26.0 Å². The summed E-state index contributed by atoms with van der Waals surface area (Å²) in [5.41, 5.74) is 0.620. The summed E-state index contributed by atoms with van der Waals surface area (Å²) in [7, 11) is 0. The maximum Gasteiger partial charge on any atom is 0.251 e. The van der Waals surface area contributed by atoms with Gasteiger partial charge in [-0.3, -0.25) is 9.59 Å². The van der Waals surface area contributed by atoms with Gasteiger partial charge in [-0.1, -0.05) is 0 Å². The fourth-order valence-corrected chi connectivity index (χ4v) is 3.01. The van der Waals surface area contributed by atoms with Crippen LogP contribution in [0.5, 0.6) is 0 Å². The Bertz CT molecular complexity index is 557. The third-order valence-electron chi connectivity index (χ3n) is 3.99. The number of carbonyl (C=O) groups excluding carboxylic acids is 2. The molecule has 3 heterocycles. The van der Waals surface area contributed by atoms with Crippen LogP contribution in [0.25, 0.3) is 0 Å². The van der Waals surface area contributed by atoms with E-state index in [1.807, 2.05) is 19.9 Å². The van der Waals surface area contributed by atoms with Gasteiger partial charge >= 0.3 is 0 Å². The van der Waals surface area contributed by atoms with Gasteiger partial charge in [0.1, 0.15) is 5.82 Å². The zero-order valence-corrected chi connectivity index (χ0v) is 12.3. The monoisotopic (exact) mass is 288 g/mol. The summed E-state index contributed by atoms with van der Waals surface area (Å²) >= 11 is 0. The molecule has 0 spiro atoms. The van der Waals surface area contributed by atoms with Crippen molar-refractivity contribution < 1.29 is 9.59 Å². The fourth-order valence-electron chi connectivity index (χ4n) is 3.01. The normalized spacial score (nSPS) is 24.1. The molecule has 0 saturated carbocycles. The van der Waals surface area contributed by atoms with E-state index < -0.39 is 0 Å². The minimum Gasteiger partial charge on any atom is -0.354 e. The molecule has 112 valence electrons. The summed E-state index contributed by atoms with van der Waals surface area (Å²) in [6, 6.07) is 3.86. The lowest BCUT2D eigenvalue weighted by atomic mass is 10.1. The minimum atomic E-state index is -0.0821. The highest BCUT2D eigenvalue weighted by atomic mass is 16.2. The Morgan fingerprint density at radius 2 is 2.29 bits per heavy atom. The predicted molar refractivity (Wildman–Crippen MR) is 79.1 cm³/mol. The van der Waals surface area contributed by atoms with Crippen LogP contribution in [0.4, 0.5) is 5.82 Å². The lowest BCUT2D eigenvalue weighted by Gasteiger charge is -2.19. The highest BCUT2D eigenvalue weighted by molar-refractivity contribution is 5.95. The van der Waals surface area contributed by atoms with Gasteiger partial charge in [0, 0.05) is 43.2 Å². The van der Waals surface area contributed by atoms with E-state index in [9.17, 15) is 9.59 Å². The number of hydrogen-bond donors (Lipinski definition) is 2. The van der Waals surface area contributed by atoms with Crippen LogP contribution in [-0.4, -0.2) is 42.0 Å². The topological polar surface area (TPSA) is 74.3 Å². The van der Waals surface area contributed by atoms with Gasteiger partial charge in [-0.15, -0.1) is 0 Å². The molecule has 0 radical (unpaired) electrons. The molecule has 2 fully saturated rings. The van der Waals surface area contributed by atoms with Crippen molar-refractivity contribution in [3.8, 4) is 0 Å². The van der Waals surface area contributed by atoms with E-state index in [0.29, 0.717) is 17.9 Å². The van der Waals surface area contributed by atoms with E-state index in [-0.39, 0.29) is 23.9 Å². The van der Waals surface area contributed by atoms with Crippen LogP contribution in [0.1, 0.15) is 30.6 Å². The number of hydrogen-bond acceptors (Lipinski definition) is 4. The van der Waals surface area contributed by atoms with Crippen molar-refractivity contribution in [3.05, 3.63) is 23.9 Å². The molecule has 0 aromatic carbocycles. The number of aromatic nitrogens is 1. The number of rotatable bonds is 3. The molecule has 3 rings (SSSR count). The number of carbonyl (C=O) groups is 2. The molecular weight excluding hydrogens is 268 g/mol. The maximum absolute atomic E-state index is 12.0. The molecule has 21 heavy (non-hydrogen) atoms. The molecule has 0 unspecified atom stereocenters. The molecule has 0 aliphatic carbocycles. The average molecular weight is 288 g/mol. The van der Waals surface area contributed by atoms with E-state index in [1.54, 1.807) is 12.3 Å². The molecular formula is C15H20N4O2. The smallest absolute Gasteiger partial charge is 0.251 e. The van der Waals surface area contributed by atoms with Gasteiger partial charge in [0.05, 0.1) is 6.04 Å². The molecule has 2 amide bonds. The number of amides is 2. The van der Waals surface area contributed by atoms with Crippen LogP contribution in [0, 0.1) is 5.92 Å². The standard InChI is InChI=1S/C15H20N4O2/c1-9(2)17-15(21)10-3-4-16-13(5-10)19-7-11-6-14(20)18-12(11)8-19/h3-5,9,11-12H,6-8H2,1-2H3,(H,17,21)(H,18,20)/t11-,12+/m0/s1. The molecule has 6 heteroatoms. The summed E-state index contributed by atoms with van der Waals surface area (Å²) in [5.74, 6) is 1.21. The molecule has 2 N–H and O–H groups in total. The highest BCUT2D eigenvalue weighted by Gasteiger charge is 2.40. The number of nitrogens with one attached hydrogen (secondary N) is 2. The van der Waals surface area contributed by atoms with Gasteiger partial charge < -0.3 is 15.5 Å². The van der Waals surface area contributed by atoms with Crippen molar-refractivity contribution in [2.75, 3.05) is 18.0 Å². The molecule has 2 atom stereocenters. The van der Waals surface area contributed by atoms with Crippen LogP contribution in [0.15, 0.2) is 18.3 Å². The largest absolute Gasteiger partial charge is 0.354 e. The first-order chi connectivity index (χ1) is 10.0. The van der Waals surface area contributed by atoms with Crippen molar-refractivity contribution in [2.45, 2.75) is 32.4 Å². The summed E-state index contributed by atoms with van der Waals surface area (Å²) in [4.78, 5) is 29.9. The SMILES string of the molecule is CC(C)NC(=O)c1ccnc(N2C[C@@H]3CC(=O)N[C@@H]3C2)c1. The zero-order valence-electron chi connectivity index (χ0n) is 12.3. The highest BCUT2D eigenvalue weighted by Crippen LogP contribution is 2.28. The van der Waals surface area contributed by atoms with E-state index in [0.717, 1.165) is 18.9 Å². The fraction of sp³-hybridized carbons (Fsp3) is 0.533. The lowest BCUT2D eigenvalue weighted by Crippen LogP contribution is -2.33. The Hall–Kier alpha value is -2.11. The van der Waals surface area contributed by atoms with E-state index in [2.05, 4.69) is 20.5 Å². The Labute approximate surface area is 123 Å².